The molecule has 0 saturated heterocycles. The van der Waals surface area contributed by atoms with E-state index < -0.39 is 12.2 Å². The first-order valence-electron chi connectivity index (χ1n) is 4.54. The molecule has 2 unspecified atom stereocenters. The number of rotatable bonds is 4. The summed E-state index contributed by atoms with van der Waals surface area (Å²) in [6, 6.07) is 4.92. The van der Waals surface area contributed by atoms with Crippen molar-refractivity contribution in [1.82, 2.24) is 0 Å². The first-order valence-corrected chi connectivity index (χ1v) is 5.45. The highest BCUT2D eigenvalue weighted by Crippen LogP contribution is 2.31. The Labute approximate surface area is 98.4 Å². The third kappa shape index (κ3) is 2.98. The molecule has 1 rings (SSSR count). The standard InChI is InChI=1S/C10H13Cl2NO2/c11-5-4-8(14)10(15)9-6(12)2-1-3-7(9)13/h1-3,8,10,14-15H,4-5,13H2. The Morgan fingerprint density at radius 3 is 2.53 bits per heavy atom. The summed E-state index contributed by atoms with van der Waals surface area (Å²) in [5.74, 6) is 0.266. The van der Waals surface area contributed by atoms with Crippen LogP contribution in [0.15, 0.2) is 18.2 Å². The Morgan fingerprint density at radius 2 is 2.00 bits per heavy atom. The molecule has 3 nitrogen and oxygen atoms in total. The molecule has 5 heteroatoms. The maximum absolute atomic E-state index is 9.81. The fourth-order valence-corrected chi connectivity index (χ4v) is 1.85. The number of anilines is 1. The molecule has 0 saturated carbocycles. The summed E-state index contributed by atoms with van der Waals surface area (Å²) in [7, 11) is 0. The Kier molecular flexibility index (Phi) is 4.67. The number of nitrogen functional groups attached to an aromatic ring is 1. The van der Waals surface area contributed by atoms with Crippen LogP contribution in [-0.4, -0.2) is 22.2 Å². The van der Waals surface area contributed by atoms with Crippen LogP contribution in [0.5, 0.6) is 0 Å². The van der Waals surface area contributed by atoms with Crippen molar-refractivity contribution >= 4 is 28.9 Å². The zero-order valence-electron chi connectivity index (χ0n) is 8.03. The van der Waals surface area contributed by atoms with E-state index in [9.17, 15) is 10.2 Å². The van der Waals surface area contributed by atoms with Gasteiger partial charge in [-0.2, -0.15) is 0 Å². The summed E-state index contributed by atoms with van der Waals surface area (Å²) >= 11 is 11.4. The summed E-state index contributed by atoms with van der Waals surface area (Å²) in [4.78, 5) is 0. The van der Waals surface area contributed by atoms with Gasteiger partial charge in [0.25, 0.3) is 0 Å². The van der Waals surface area contributed by atoms with Gasteiger partial charge in [-0.25, -0.2) is 0 Å². The quantitative estimate of drug-likeness (QED) is 0.565. The molecule has 2 atom stereocenters. The summed E-state index contributed by atoms with van der Waals surface area (Å²) < 4.78 is 0. The number of halogens is 2. The van der Waals surface area contributed by atoms with Gasteiger partial charge in [-0.05, 0) is 18.6 Å². The smallest absolute Gasteiger partial charge is 0.108 e. The Balaban J connectivity index is 2.94. The maximum atomic E-state index is 9.81. The van der Waals surface area contributed by atoms with Gasteiger partial charge in [-0.15, -0.1) is 11.6 Å². The molecule has 84 valence electrons. The lowest BCUT2D eigenvalue weighted by atomic mass is 10.0. The molecule has 4 N–H and O–H groups in total. The van der Waals surface area contributed by atoms with Gasteiger partial charge in [0.15, 0.2) is 0 Å². The van der Waals surface area contributed by atoms with E-state index in [1.165, 1.54) is 0 Å². The van der Waals surface area contributed by atoms with E-state index in [0.29, 0.717) is 16.3 Å². The molecule has 0 fully saturated rings. The van der Waals surface area contributed by atoms with E-state index in [2.05, 4.69) is 0 Å². The Morgan fingerprint density at radius 1 is 1.33 bits per heavy atom. The summed E-state index contributed by atoms with van der Waals surface area (Å²) in [5, 5.41) is 19.7. The van der Waals surface area contributed by atoms with Crippen LogP contribution in [0, 0.1) is 0 Å². The number of aliphatic hydroxyl groups excluding tert-OH is 2. The molecule has 1 aromatic carbocycles. The minimum Gasteiger partial charge on any atom is -0.398 e. The molecule has 15 heavy (non-hydrogen) atoms. The van der Waals surface area contributed by atoms with E-state index in [4.69, 9.17) is 28.9 Å². The molecule has 0 radical (unpaired) electrons. The van der Waals surface area contributed by atoms with Gasteiger partial charge >= 0.3 is 0 Å². The van der Waals surface area contributed by atoms with E-state index >= 15 is 0 Å². The third-order valence-electron chi connectivity index (χ3n) is 2.15. The lowest BCUT2D eigenvalue weighted by molar-refractivity contribution is 0.0175. The number of nitrogens with two attached hydrogens (primary N) is 1. The fourth-order valence-electron chi connectivity index (χ4n) is 1.33. The number of benzene rings is 1. The van der Waals surface area contributed by atoms with Crippen LogP contribution >= 0.6 is 23.2 Å². The second-order valence-corrected chi connectivity index (χ2v) is 4.02. The molecule has 0 aliphatic rings. The van der Waals surface area contributed by atoms with Crippen molar-refractivity contribution in [2.24, 2.45) is 0 Å². The molecule has 0 aliphatic carbocycles. The van der Waals surface area contributed by atoms with E-state index in [1.807, 2.05) is 0 Å². The number of hydrogen-bond acceptors (Lipinski definition) is 3. The van der Waals surface area contributed by atoms with Crippen molar-refractivity contribution < 1.29 is 10.2 Å². The van der Waals surface area contributed by atoms with Crippen molar-refractivity contribution in [2.75, 3.05) is 11.6 Å². The van der Waals surface area contributed by atoms with Gasteiger partial charge in [-0.3, -0.25) is 0 Å². The Hall–Kier alpha value is -0.480. The lowest BCUT2D eigenvalue weighted by Crippen LogP contribution is -2.20. The second kappa shape index (κ2) is 5.56. The zero-order chi connectivity index (χ0) is 11.4. The van der Waals surface area contributed by atoms with Crippen molar-refractivity contribution in [1.29, 1.82) is 0 Å². The Bertz CT molecular complexity index is 313. The monoisotopic (exact) mass is 249 g/mol. The molecule has 0 aliphatic heterocycles. The predicted octanol–water partition coefficient (Wildman–Crippen LogP) is 1.95. The van der Waals surface area contributed by atoms with E-state index in [0.717, 1.165) is 0 Å². The van der Waals surface area contributed by atoms with Gasteiger partial charge < -0.3 is 15.9 Å². The first-order chi connectivity index (χ1) is 7.07. The van der Waals surface area contributed by atoms with Crippen molar-refractivity contribution in [3.8, 4) is 0 Å². The molecule has 0 amide bonds. The van der Waals surface area contributed by atoms with Crippen LogP contribution in [0.3, 0.4) is 0 Å². The molecular formula is C10H13Cl2NO2. The fraction of sp³-hybridized carbons (Fsp3) is 0.400. The number of hydrogen-bond donors (Lipinski definition) is 3. The minimum atomic E-state index is -1.10. The predicted molar refractivity (Wildman–Crippen MR) is 62.2 cm³/mol. The van der Waals surface area contributed by atoms with Crippen LogP contribution in [0.1, 0.15) is 18.1 Å². The summed E-state index contributed by atoms with van der Waals surface area (Å²) in [5.41, 5.74) is 6.39. The van der Waals surface area contributed by atoms with Crippen molar-refractivity contribution in [3.63, 3.8) is 0 Å². The maximum Gasteiger partial charge on any atom is 0.108 e. The molecule has 0 spiro atoms. The van der Waals surface area contributed by atoms with Crippen molar-refractivity contribution in [3.05, 3.63) is 28.8 Å². The lowest BCUT2D eigenvalue weighted by Gasteiger charge is -2.19. The average Bonchev–Trinajstić information content (AvgIpc) is 2.17. The normalized spacial score (nSPS) is 14.9. The molecule has 1 aromatic rings. The SMILES string of the molecule is Nc1cccc(Cl)c1C(O)C(O)CCCl. The van der Waals surface area contributed by atoms with Gasteiger partial charge in [-0.1, -0.05) is 17.7 Å². The van der Waals surface area contributed by atoms with Crippen LogP contribution in [-0.2, 0) is 0 Å². The van der Waals surface area contributed by atoms with Crippen LogP contribution in [0.4, 0.5) is 5.69 Å². The summed E-state index contributed by atoms with van der Waals surface area (Å²) in [6.07, 6.45) is -1.77. The topological polar surface area (TPSA) is 66.5 Å². The van der Waals surface area contributed by atoms with Crippen LogP contribution in [0.2, 0.25) is 5.02 Å². The number of aliphatic hydroxyl groups is 2. The van der Waals surface area contributed by atoms with Gasteiger partial charge in [0.2, 0.25) is 0 Å². The number of alkyl halides is 1. The highest BCUT2D eigenvalue weighted by Gasteiger charge is 2.22. The zero-order valence-corrected chi connectivity index (χ0v) is 9.54. The molecule has 0 aromatic heterocycles. The van der Waals surface area contributed by atoms with E-state index in [-0.39, 0.29) is 12.3 Å². The third-order valence-corrected chi connectivity index (χ3v) is 2.70. The van der Waals surface area contributed by atoms with Crippen LogP contribution in [0.25, 0.3) is 0 Å². The average molecular weight is 250 g/mol. The van der Waals surface area contributed by atoms with Gasteiger partial charge in [0.1, 0.15) is 6.10 Å². The van der Waals surface area contributed by atoms with Gasteiger partial charge in [0.05, 0.1) is 6.10 Å². The highest BCUT2D eigenvalue weighted by atomic mass is 35.5. The summed E-state index contributed by atoms with van der Waals surface area (Å²) in [6.45, 7) is 0. The first kappa shape index (κ1) is 12.6. The molecule has 0 bridgehead atoms. The van der Waals surface area contributed by atoms with Crippen molar-refractivity contribution in [2.45, 2.75) is 18.6 Å². The largest absolute Gasteiger partial charge is 0.398 e. The van der Waals surface area contributed by atoms with Gasteiger partial charge in [0, 0.05) is 22.2 Å². The molecular weight excluding hydrogens is 237 g/mol. The highest BCUT2D eigenvalue weighted by molar-refractivity contribution is 6.31. The second-order valence-electron chi connectivity index (χ2n) is 3.23. The molecule has 0 heterocycles. The van der Waals surface area contributed by atoms with Crippen LogP contribution < -0.4 is 5.73 Å². The minimum absolute atomic E-state index is 0.266. The van der Waals surface area contributed by atoms with E-state index in [1.54, 1.807) is 18.2 Å².